The van der Waals surface area contributed by atoms with E-state index < -0.39 is 17.9 Å². The zero-order chi connectivity index (χ0) is 26.3. The first kappa shape index (κ1) is 24.9. The molecule has 1 N–H and O–H groups in total. The van der Waals surface area contributed by atoms with Crippen LogP contribution in [0.1, 0.15) is 46.2 Å². The van der Waals surface area contributed by atoms with Crippen molar-refractivity contribution < 1.29 is 19.4 Å². The maximum absolute atomic E-state index is 12.1. The average molecular weight is 517 g/mol. The number of carbonyl (C=O) groups is 1. The van der Waals surface area contributed by atoms with Crippen molar-refractivity contribution in [2.45, 2.75) is 33.4 Å². The molecule has 1 aliphatic heterocycles. The number of carboxylic acids is 1. The first-order valence-corrected chi connectivity index (χ1v) is 12.7. The summed E-state index contributed by atoms with van der Waals surface area (Å²) in [6, 6.07) is 15.4. The van der Waals surface area contributed by atoms with Gasteiger partial charge in [-0.15, -0.1) is 21.5 Å². The van der Waals surface area contributed by atoms with E-state index in [9.17, 15) is 9.90 Å². The fraction of sp³-hybridized carbons (Fsp3) is 0.286. The van der Waals surface area contributed by atoms with E-state index in [1.165, 1.54) is 0 Å². The number of thiophene rings is 1. The Kier molecular flexibility index (Phi) is 6.66. The Hall–Kier alpha value is -3.82. The Morgan fingerprint density at radius 3 is 2.49 bits per heavy atom. The number of ether oxygens (including phenoxy) is 2. The Balaban J connectivity index is 1.70. The molecular weight excluding hydrogens is 488 g/mol. The summed E-state index contributed by atoms with van der Waals surface area (Å²) in [5.74, 6) is 0.287. The zero-order valence-electron chi connectivity index (χ0n) is 21.3. The third kappa shape index (κ3) is 4.34. The van der Waals surface area contributed by atoms with Gasteiger partial charge in [0, 0.05) is 23.1 Å². The molecule has 2 aromatic heterocycles. The minimum absolute atomic E-state index is 0.469. The highest BCUT2D eigenvalue weighted by atomic mass is 32.1. The maximum atomic E-state index is 12.1. The molecule has 0 saturated carbocycles. The molecular formula is C28H28N4O4S. The average Bonchev–Trinajstić information content (AvgIpc) is 3.39. The molecule has 0 spiro atoms. The summed E-state index contributed by atoms with van der Waals surface area (Å²) in [4.78, 5) is 18.3. The van der Waals surface area contributed by atoms with E-state index in [2.05, 4.69) is 29.3 Å². The number of aliphatic carboxylic acids is 1. The number of aliphatic imine (C=N–C) groups is 1. The SMILES string of the molecule is COCc1sc2c(c1C)C(c1ccc(-c3cccc(OC)c3)cc1)=N[C@@H](C(C)C(=O)O)c1nnc(C)n1-2. The van der Waals surface area contributed by atoms with Gasteiger partial charge in [-0.25, -0.2) is 0 Å². The summed E-state index contributed by atoms with van der Waals surface area (Å²) in [7, 11) is 3.33. The third-order valence-electron chi connectivity index (χ3n) is 6.75. The van der Waals surface area contributed by atoms with E-state index in [0.29, 0.717) is 18.3 Å². The van der Waals surface area contributed by atoms with Crippen molar-refractivity contribution in [3.8, 4) is 21.9 Å². The molecule has 9 heteroatoms. The summed E-state index contributed by atoms with van der Waals surface area (Å²) < 4.78 is 12.8. The van der Waals surface area contributed by atoms with Crippen LogP contribution in [0.4, 0.5) is 0 Å². The van der Waals surface area contributed by atoms with E-state index in [-0.39, 0.29) is 0 Å². The Morgan fingerprint density at radius 1 is 1.08 bits per heavy atom. The van der Waals surface area contributed by atoms with Crippen molar-refractivity contribution in [3.05, 3.63) is 81.7 Å². The highest BCUT2D eigenvalue weighted by Gasteiger charge is 2.36. The van der Waals surface area contributed by atoms with Gasteiger partial charge >= 0.3 is 5.97 Å². The van der Waals surface area contributed by atoms with Gasteiger partial charge in [0.15, 0.2) is 5.82 Å². The minimum atomic E-state index is -0.935. The maximum Gasteiger partial charge on any atom is 0.308 e. The second kappa shape index (κ2) is 9.91. The molecule has 2 aromatic carbocycles. The molecule has 0 bridgehead atoms. The molecule has 3 heterocycles. The molecule has 0 amide bonds. The molecule has 0 radical (unpaired) electrons. The Labute approximate surface area is 219 Å². The van der Waals surface area contributed by atoms with Crippen molar-refractivity contribution in [2.24, 2.45) is 10.9 Å². The predicted octanol–water partition coefficient (Wildman–Crippen LogP) is 5.38. The number of methoxy groups -OCH3 is 2. The number of hydrogen-bond acceptors (Lipinski definition) is 7. The summed E-state index contributed by atoms with van der Waals surface area (Å²) >= 11 is 1.60. The van der Waals surface area contributed by atoms with Gasteiger partial charge in [-0.3, -0.25) is 14.4 Å². The molecule has 8 nitrogen and oxygen atoms in total. The van der Waals surface area contributed by atoms with E-state index >= 15 is 0 Å². The van der Waals surface area contributed by atoms with Gasteiger partial charge in [-0.1, -0.05) is 36.4 Å². The first-order valence-electron chi connectivity index (χ1n) is 11.9. The number of nitrogens with zero attached hydrogens (tertiary/aromatic N) is 4. The zero-order valence-corrected chi connectivity index (χ0v) is 22.2. The number of hydrogen-bond donors (Lipinski definition) is 1. The summed E-state index contributed by atoms with van der Waals surface area (Å²) in [5, 5.41) is 19.5. The molecule has 190 valence electrons. The second-order valence-electron chi connectivity index (χ2n) is 9.06. The monoisotopic (exact) mass is 516 g/mol. The molecule has 0 saturated heterocycles. The second-order valence-corrected chi connectivity index (χ2v) is 10.1. The molecule has 2 atom stereocenters. The van der Waals surface area contributed by atoms with Gasteiger partial charge in [0.1, 0.15) is 22.6 Å². The molecule has 0 aliphatic carbocycles. The summed E-state index contributed by atoms with van der Waals surface area (Å²) in [6.07, 6.45) is 0. The normalized spacial score (nSPS) is 15.4. The molecule has 5 rings (SSSR count). The third-order valence-corrected chi connectivity index (χ3v) is 8.00. The van der Waals surface area contributed by atoms with Crippen molar-refractivity contribution >= 4 is 23.0 Å². The fourth-order valence-electron chi connectivity index (χ4n) is 4.64. The number of fused-ring (bicyclic) bond motifs is 3. The van der Waals surface area contributed by atoms with Crippen molar-refractivity contribution in [3.63, 3.8) is 0 Å². The first-order chi connectivity index (χ1) is 17.8. The Bertz CT molecular complexity index is 1500. The predicted molar refractivity (Wildman–Crippen MR) is 143 cm³/mol. The lowest BCUT2D eigenvalue weighted by Gasteiger charge is -2.16. The van der Waals surface area contributed by atoms with Crippen LogP contribution in [-0.2, 0) is 16.1 Å². The van der Waals surface area contributed by atoms with Crippen LogP contribution in [0.5, 0.6) is 5.75 Å². The van der Waals surface area contributed by atoms with E-state index in [0.717, 1.165) is 49.2 Å². The van der Waals surface area contributed by atoms with Crippen LogP contribution in [0.15, 0.2) is 53.5 Å². The number of aryl methyl sites for hydroxylation is 1. The smallest absolute Gasteiger partial charge is 0.308 e. The van der Waals surface area contributed by atoms with Gasteiger partial charge in [0.05, 0.1) is 25.3 Å². The van der Waals surface area contributed by atoms with Crippen LogP contribution in [0, 0.1) is 19.8 Å². The Morgan fingerprint density at radius 2 is 1.81 bits per heavy atom. The van der Waals surface area contributed by atoms with Crippen molar-refractivity contribution in [2.75, 3.05) is 14.2 Å². The number of rotatable bonds is 7. The van der Waals surface area contributed by atoms with Crippen LogP contribution < -0.4 is 4.74 Å². The lowest BCUT2D eigenvalue weighted by molar-refractivity contribution is -0.141. The summed E-state index contributed by atoms with van der Waals surface area (Å²) in [5.41, 5.74) is 5.74. The van der Waals surface area contributed by atoms with Crippen LogP contribution in [0.3, 0.4) is 0 Å². The lowest BCUT2D eigenvalue weighted by atomic mass is 9.96. The molecule has 4 aromatic rings. The molecule has 1 aliphatic rings. The van der Waals surface area contributed by atoms with Gasteiger partial charge in [-0.2, -0.15) is 0 Å². The number of aromatic nitrogens is 3. The van der Waals surface area contributed by atoms with Gasteiger partial charge < -0.3 is 14.6 Å². The largest absolute Gasteiger partial charge is 0.497 e. The van der Waals surface area contributed by atoms with Gasteiger partial charge in [0.2, 0.25) is 0 Å². The van der Waals surface area contributed by atoms with Crippen LogP contribution in [-0.4, -0.2) is 45.8 Å². The fourth-order valence-corrected chi connectivity index (χ4v) is 5.98. The molecule has 37 heavy (non-hydrogen) atoms. The van der Waals surface area contributed by atoms with E-state index in [1.807, 2.05) is 47.9 Å². The van der Waals surface area contributed by atoms with E-state index in [1.54, 1.807) is 32.5 Å². The highest BCUT2D eigenvalue weighted by molar-refractivity contribution is 7.15. The van der Waals surface area contributed by atoms with Crippen LogP contribution >= 0.6 is 11.3 Å². The lowest BCUT2D eigenvalue weighted by Crippen LogP contribution is -2.21. The summed E-state index contributed by atoms with van der Waals surface area (Å²) in [6.45, 7) is 6.07. The topological polar surface area (TPSA) is 98.8 Å². The molecule has 1 unspecified atom stereocenters. The van der Waals surface area contributed by atoms with Gasteiger partial charge in [0.25, 0.3) is 0 Å². The number of benzene rings is 2. The quantitative estimate of drug-likeness (QED) is 0.354. The van der Waals surface area contributed by atoms with Crippen molar-refractivity contribution in [1.29, 1.82) is 0 Å². The van der Waals surface area contributed by atoms with Gasteiger partial charge in [-0.05, 0) is 49.6 Å². The minimum Gasteiger partial charge on any atom is -0.497 e. The number of carboxylic acid groups (broad SMARTS) is 1. The molecule has 0 fully saturated rings. The van der Waals surface area contributed by atoms with Crippen molar-refractivity contribution in [1.82, 2.24) is 14.8 Å². The van der Waals surface area contributed by atoms with E-state index in [4.69, 9.17) is 14.5 Å². The van der Waals surface area contributed by atoms with Crippen LogP contribution in [0.2, 0.25) is 0 Å². The standard InChI is InChI=1S/C28H28N4O4S/c1-15-22(14-35-4)37-27-23(15)25(29-24(16(2)28(33)34)26-31-30-17(3)32(26)27)19-11-9-18(10-12-19)20-7-6-8-21(13-20)36-5/h6-13,16,24H,14H2,1-5H3,(H,33,34)/t16?,24-/m0/s1. The van der Waals surface area contributed by atoms with Crippen LogP contribution in [0.25, 0.3) is 16.1 Å². The highest BCUT2D eigenvalue weighted by Crippen LogP contribution is 2.41.